The summed E-state index contributed by atoms with van der Waals surface area (Å²) in [6.07, 6.45) is 0. The van der Waals surface area contributed by atoms with E-state index in [4.69, 9.17) is 16.1 Å². The molecule has 0 saturated heterocycles. The van der Waals surface area contributed by atoms with Crippen molar-refractivity contribution in [1.82, 2.24) is 20.1 Å². The van der Waals surface area contributed by atoms with Gasteiger partial charge in [0.05, 0.1) is 11.0 Å². The van der Waals surface area contributed by atoms with Gasteiger partial charge in [0.1, 0.15) is 5.82 Å². The molecular formula is C21H12BrClN4O. The zero-order chi connectivity index (χ0) is 19.1. The van der Waals surface area contributed by atoms with Gasteiger partial charge in [0, 0.05) is 26.2 Å². The van der Waals surface area contributed by atoms with Crippen molar-refractivity contribution >= 4 is 38.6 Å². The van der Waals surface area contributed by atoms with Crippen molar-refractivity contribution in [1.29, 1.82) is 0 Å². The Kier molecular flexibility index (Phi) is 4.22. The summed E-state index contributed by atoms with van der Waals surface area (Å²) >= 11 is 9.40. The fourth-order valence-corrected chi connectivity index (χ4v) is 3.43. The number of hydrogen-bond donors (Lipinski definition) is 1. The molecular weight excluding hydrogens is 440 g/mol. The monoisotopic (exact) mass is 450 g/mol. The van der Waals surface area contributed by atoms with Crippen LogP contribution in [0.5, 0.6) is 0 Å². The average molecular weight is 452 g/mol. The maximum atomic E-state index is 5.92. The van der Waals surface area contributed by atoms with Crippen molar-refractivity contribution in [3.63, 3.8) is 0 Å². The Bertz CT molecular complexity index is 1280. The molecule has 0 unspecified atom stereocenters. The maximum Gasteiger partial charge on any atom is 0.258 e. The van der Waals surface area contributed by atoms with E-state index in [0.29, 0.717) is 16.7 Å². The molecule has 0 saturated carbocycles. The van der Waals surface area contributed by atoms with Gasteiger partial charge in [-0.2, -0.15) is 4.98 Å². The molecule has 0 bridgehead atoms. The van der Waals surface area contributed by atoms with Crippen LogP contribution in [0.1, 0.15) is 0 Å². The first-order valence-electron chi connectivity index (χ1n) is 8.51. The largest absolute Gasteiger partial charge is 0.338 e. The first-order valence-corrected chi connectivity index (χ1v) is 9.68. The fourth-order valence-electron chi connectivity index (χ4n) is 2.95. The van der Waals surface area contributed by atoms with Crippen molar-refractivity contribution in [3.05, 3.63) is 76.2 Å². The first kappa shape index (κ1) is 17.2. The van der Waals surface area contributed by atoms with Crippen molar-refractivity contribution in [3.8, 4) is 34.2 Å². The van der Waals surface area contributed by atoms with Crippen LogP contribution in [0, 0.1) is 0 Å². The Labute approximate surface area is 173 Å². The lowest BCUT2D eigenvalue weighted by Gasteiger charge is -1.98. The van der Waals surface area contributed by atoms with Gasteiger partial charge in [-0.1, -0.05) is 57.0 Å². The summed E-state index contributed by atoms with van der Waals surface area (Å²) in [4.78, 5) is 12.5. The van der Waals surface area contributed by atoms with Gasteiger partial charge < -0.3 is 9.51 Å². The van der Waals surface area contributed by atoms with Gasteiger partial charge in [-0.15, -0.1) is 0 Å². The topological polar surface area (TPSA) is 67.6 Å². The molecule has 3 aromatic carbocycles. The third kappa shape index (κ3) is 3.21. The normalized spacial score (nSPS) is 11.2. The standard InChI is InChI=1S/C21H12BrClN4O/c22-15-7-10-17-18(11-15)25-19(24-17)12-1-3-13(4-2-12)20-26-21(28-27-20)14-5-8-16(23)9-6-14/h1-11H,(H,24,25). The molecule has 5 aromatic rings. The summed E-state index contributed by atoms with van der Waals surface area (Å²) in [5.74, 6) is 1.80. The second-order valence-electron chi connectivity index (χ2n) is 6.25. The molecule has 2 heterocycles. The van der Waals surface area contributed by atoms with Gasteiger partial charge in [-0.25, -0.2) is 4.98 Å². The van der Waals surface area contributed by atoms with E-state index in [0.717, 1.165) is 38.0 Å². The van der Waals surface area contributed by atoms with Gasteiger partial charge in [0.15, 0.2) is 0 Å². The van der Waals surface area contributed by atoms with Crippen LogP contribution >= 0.6 is 27.5 Å². The summed E-state index contributed by atoms with van der Waals surface area (Å²) in [6, 6.07) is 21.1. The molecule has 2 aromatic heterocycles. The number of hydrogen-bond acceptors (Lipinski definition) is 4. The lowest BCUT2D eigenvalue weighted by molar-refractivity contribution is 0.432. The van der Waals surface area contributed by atoms with Crippen LogP contribution in [-0.4, -0.2) is 20.1 Å². The smallest absolute Gasteiger partial charge is 0.258 e. The molecule has 28 heavy (non-hydrogen) atoms. The number of nitrogens with one attached hydrogen (secondary N) is 1. The quantitative estimate of drug-likeness (QED) is 0.346. The van der Waals surface area contributed by atoms with E-state index in [1.54, 1.807) is 12.1 Å². The minimum Gasteiger partial charge on any atom is -0.338 e. The van der Waals surface area contributed by atoms with Gasteiger partial charge in [-0.05, 0) is 42.5 Å². The van der Waals surface area contributed by atoms with E-state index in [1.165, 1.54) is 0 Å². The Morgan fingerprint density at radius 3 is 2.32 bits per heavy atom. The number of halogens is 2. The highest BCUT2D eigenvalue weighted by atomic mass is 79.9. The Morgan fingerprint density at radius 1 is 0.821 bits per heavy atom. The Hall–Kier alpha value is -2.96. The van der Waals surface area contributed by atoms with Crippen molar-refractivity contribution in [2.24, 2.45) is 0 Å². The van der Waals surface area contributed by atoms with E-state index in [9.17, 15) is 0 Å². The van der Waals surface area contributed by atoms with Gasteiger partial charge in [-0.3, -0.25) is 0 Å². The van der Waals surface area contributed by atoms with Crippen LogP contribution in [0.25, 0.3) is 45.3 Å². The Balaban J connectivity index is 1.44. The maximum absolute atomic E-state index is 5.92. The zero-order valence-corrected chi connectivity index (χ0v) is 16.7. The van der Waals surface area contributed by atoms with Crippen LogP contribution in [-0.2, 0) is 0 Å². The minimum absolute atomic E-state index is 0.457. The molecule has 0 radical (unpaired) electrons. The summed E-state index contributed by atoms with van der Waals surface area (Å²) in [5, 5.41) is 4.75. The Morgan fingerprint density at radius 2 is 1.54 bits per heavy atom. The minimum atomic E-state index is 0.457. The third-order valence-corrected chi connectivity index (χ3v) is 5.12. The van der Waals surface area contributed by atoms with E-state index in [1.807, 2.05) is 54.6 Å². The van der Waals surface area contributed by atoms with Gasteiger partial charge in [0.25, 0.3) is 5.89 Å². The van der Waals surface area contributed by atoms with E-state index < -0.39 is 0 Å². The number of nitrogens with zero attached hydrogens (tertiary/aromatic N) is 3. The second kappa shape index (κ2) is 6.89. The number of H-pyrrole nitrogens is 1. The van der Waals surface area contributed by atoms with Crippen LogP contribution in [0.4, 0.5) is 0 Å². The highest BCUT2D eigenvalue weighted by Gasteiger charge is 2.12. The van der Waals surface area contributed by atoms with Gasteiger partial charge in [0.2, 0.25) is 5.82 Å². The van der Waals surface area contributed by atoms with E-state index >= 15 is 0 Å². The first-order chi connectivity index (χ1) is 13.7. The molecule has 0 aliphatic carbocycles. The number of imidazole rings is 1. The van der Waals surface area contributed by atoms with Crippen molar-refractivity contribution in [2.45, 2.75) is 0 Å². The molecule has 0 atom stereocenters. The summed E-state index contributed by atoms with van der Waals surface area (Å²) < 4.78 is 6.40. The molecule has 136 valence electrons. The number of rotatable bonds is 3. The number of benzene rings is 3. The number of fused-ring (bicyclic) bond motifs is 1. The van der Waals surface area contributed by atoms with E-state index in [-0.39, 0.29) is 0 Å². The lowest BCUT2D eigenvalue weighted by atomic mass is 10.1. The molecule has 0 fully saturated rings. The number of aromatic nitrogens is 4. The van der Waals surface area contributed by atoms with Crippen LogP contribution in [0.15, 0.2) is 75.7 Å². The van der Waals surface area contributed by atoms with Crippen LogP contribution in [0.3, 0.4) is 0 Å². The summed E-state index contributed by atoms with van der Waals surface area (Å²) in [6.45, 7) is 0. The highest BCUT2D eigenvalue weighted by Crippen LogP contribution is 2.27. The van der Waals surface area contributed by atoms with Crippen molar-refractivity contribution in [2.75, 3.05) is 0 Å². The molecule has 1 N–H and O–H groups in total. The molecule has 7 heteroatoms. The SMILES string of the molecule is Clc1ccc(-c2nc(-c3ccc(-c4nc5ccc(Br)cc5[nH]4)cc3)no2)cc1. The molecule has 0 aliphatic heterocycles. The average Bonchev–Trinajstić information content (AvgIpc) is 3.36. The molecule has 0 spiro atoms. The molecule has 0 aliphatic rings. The zero-order valence-electron chi connectivity index (χ0n) is 14.4. The predicted molar refractivity (Wildman–Crippen MR) is 113 cm³/mol. The summed E-state index contributed by atoms with van der Waals surface area (Å²) in [5.41, 5.74) is 4.59. The highest BCUT2D eigenvalue weighted by molar-refractivity contribution is 9.10. The van der Waals surface area contributed by atoms with Crippen LogP contribution < -0.4 is 0 Å². The van der Waals surface area contributed by atoms with E-state index in [2.05, 4.69) is 36.0 Å². The van der Waals surface area contributed by atoms with Gasteiger partial charge >= 0.3 is 0 Å². The number of aromatic amines is 1. The second-order valence-corrected chi connectivity index (χ2v) is 7.61. The predicted octanol–water partition coefficient (Wildman–Crippen LogP) is 6.36. The van der Waals surface area contributed by atoms with Crippen molar-refractivity contribution < 1.29 is 4.52 Å². The molecule has 5 rings (SSSR count). The molecule has 0 amide bonds. The third-order valence-electron chi connectivity index (χ3n) is 4.38. The summed E-state index contributed by atoms with van der Waals surface area (Å²) in [7, 11) is 0. The van der Waals surface area contributed by atoms with Crippen LogP contribution in [0.2, 0.25) is 5.02 Å². The lowest BCUT2D eigenvalue weighted by Crippen LogP contribution is -1.84. The fraction of sp³-hybridized carbons (Fsp3) is 0. The molecule has 5 nitrogen and oxygen atoms in total.